The van der Waals surface area contributed by atoms with E-state index in [4.69, 9.17) is 4.74 Å². The summed E-state index contributed by atoms with van der Waals surface area (Å²) >= 11 is 0. The van der Waals surface area contributed by atoms with Gasteiger partial charge in [0.25, 0.3) is 0 Å². The third-order valence-electron chi connectivity index (χ3n) is 11.5. The molecule has 0 amide bonds. The average molecular weight is 459 g/mol. The van der Waals surface area contributed by atoms with Crippen LogP contribution in [0.25, 0.3) is 0 Å². The molecule has 0 radical (unpaired) electrons. The molecule has 8 atom stereocenters. The molecule has 33 heavy (non-hydrogen) atoms. The largest absolute Gasteiger partial charge is 0.467 e. The van der Waals surface area contributed by atoms with E-state index in [1.807, 2.05) is 0 Å². The molecule has 0 aliphatic heterocycles. The average Bonchev–Trinajstić information content (AvgIpc) is 3.17. The van der Waals surface area contributed by atoms with Crippen LogP contribution in [0.3, 0.4) is 0 Å². The van der Waals surface area contributed by atoms with Crippen molar-refractivity contribution in [1.29, 1.82) is 0 Å². The summed E-state index contributed by atoms with van der Waals surface area (Å²) in [6.07, 6.45) is 13.4. The molecule has 3 fully saturated rings. The van der Waals surface area contributed by atoms with Gasteiger partial charge in [-0.2, -0.15) is 0 Å². The number of esters is 1. The van der Waals surface area contributed by atoms with Crippen molar-refractivity contribution in [2.75, 3.05) is 7.11 Å². The number of carbonyl (C=O) groups is 1. The topological polar surface area (TPSA) is 46.5 Å². The van der Waals surface area contributed by atoms with E-state index in [1.165, 1.54) is 57.6 Å². The molecule has 3 nitrogen and oxygen atoms in total. The Morgan fingerprint density at radius 1 is 1.09 bits per heavy atom. The van der Waals surface area contributed by atoms with Gasteiger partial charge in [0.15, 0.2) is 5.60 Å². The molecule has 3 saturated carbocycles. The molecule has 188 valence electrons. The number of rotatable bonds is 6. The van der Waals surface area contributed by atoms with Crippen molar-refractivity contribution in [2.45, 2.75) is 112 Å². The molecule has 0 aromatic carbocycles. The summed E-state index contributed by atoms with van der Waals surface area (Å²) in [7, 11) is 1.41. The van der Waals surface area contributed by atoms with Gasteiger partial charge in [0.05, 0.1) is 7.11 Å². The van der Waals surface area contributed by atoms with E-state index < -0.39 is 17.0 Å². The van der Waals surface area contributed by atoms with Crippen LogP contribution >= 0.6 is 0 Å². The van der Waals surface area contributed by atoms with Gasteiger partial charge in [-0.25, -0.2) is 4.79 Å². The van der Waals surface area contributed by atoms with Gasteiger partial charge in [0.2, 0.25) is 0 Å². The molecular weight excluding hydrogens is 408 g/mol. The highest BCUT2D eigenvalue weighted by atomic mass is 16.5. The predicted molar refractivity (Wildman–Crippen MR) is 135 cm³/mol. The maximum absolute atomic E-state index is 12.8. The summed E-state index contributed by atoms with van der Waals surface area (Å²) in [6, 6.07) is 0. The highest BCUT2D eigenvalue weighted by Crippen LogP contribution is 2.71. The lowest BCUT2D eigenvalue weighted by atomic mass is 9.48. The fourth-order valence-corrected chi connectivity index (χ4v) is 9.79. The second-order valence-electron chi connectivity index (χ2n) is 13.8. The molecule has 4 aliphatic rings. The third-order valence-corrected chi connectivity index (χ3v) is 11.5. The van der Waals surface area contributed by atoms with Crippen LogP contribution < -0.4 is 0 Å². The first-order chi connectivity index (χ1) is 15.3. The van der Waals surface area contributed by atoms with Crippen LogP contribution in [0, 0.1) is 51.8 Å². The first-order valence-corrected chi connectivity index (χ1v) is 13.8. The Balaban J connectivity index is 1.58. The number of methoxy groups -OCH3 is 1. The summed E-state index contributed by atoms with van der Waals surface area (Å²) in [5, 5.41) is 11.6. The molecule has 1 N–H and O–H groups in total. The highest BCUT2D eigenvalue weighted by molar-refractivity contribution is 5.82. The number of hydrogen-bond acceptors (Lipinski definition) is 3. The maximum atomic E-state index is 12.8. The molecule has 0 unspecified atom stereocenters. The summed E-state index contributed by atoms with van der Waals surface area (Å²) in [5.74, 6) is 4.03. The Morgan fingerprint density at radius 3 is 2.42 bits per heavy atom. The Hall–Kier alpha value is -0.830. The van der Waals surface area contributed by atoms with Gasteiger partial charge in [0.1, 0.15) is 0 Å². The first kappa shape index (κ1) is 25.3. The minimum Gasteiger partial charge on any atom is -0.467 e. The Labute approximate surface area is 203 Å². The van der Waals surface area contributed by atoms with Crippen molar-refractivity contribution in [3.05, 3.63) is 11.6 Å². The molecule has 0 spiro atoms. The minimum atomic E-state index is -1.43. The van der Waals surface area contributed by atoms with Crippen LogP contribution in [-0.2, 0) is 9.53 Å². The summed E-state index contributed by atoms with van der Waals surface area (Å²) < 4.78 is 5.12. The van der Waals surface area contributed by atoms with Crippen molar-refractivity contribution < 1.29 is 14.6 Å². The van der Waals surface area contributed by atoms with Gasteiger partial charge in [-0.3, -0.25) is 0 Å². The van der Waals surface area contributed by atoms with Crippen molar-refractivity contribution in [3.63, 3.8) is 0 Å². The second kappa shape index (κ2) is 8.38. The van der Waals surface area contributed by atoms with Crippen LogP contribution in [0.5, 0.6) is 0 Å². The molecule has 0 bridgehead atoms. The van der Waals surface area contributed by atoms with Gasteiger partial charge < -0.3 is 9.84 Å². The SMILES string of the molecule is COC(=O)[C@]1(O)C[C@]2(C)C(=CC[C@H]3[C@@H]4CC[C@@H]([C@H](C)CCCC(C)C)[C@@]4(C)CC[C@@H]32)C1(C)C. The fourth-order valence-electron chi connectivity index (χ4n) is 9.79. The molecule has 0 aromatic rings. The lowest BCUT2D eigenvalue weighted by Gasteiger charge is -2.56. The fraction of sp³-hybridized carbons (Fsp3) is 0.900. The second-order valence-corrected chi connectivity index (χ2v) is 13.8. The van der Waals surface area contributed by atoms with E-state index in [9.17, 15) is 9.90 Å². The summed E-state index contributed by atoms with van der Waals surface area (Å²) in [4.78, 5) is 12.8. The van der Waals surface area contributed by atoms with Crippen molar-refractivity contribution in [2.24, 2.45) is 51.8 Å². The van der Waals surface area contributed by atoms with E-state index in [2.05, 4.69) is 54.5 Å². The van der Waals surface area contributed by atoms with Crippen molar-refractivity contribution >= 4 is 5.97 Å². The molecule has 0 aromatic heterocycles. The third kappa shape index (κ3) is 3.57. The molecule has 4 aliphatic carbocycles. The number of ether oxygens (including phenoxy) is 1. The zero-order chi connectivity index (χ0) is 24.4. The van der Waals surface area contributed by atoms with E-state index in [0.29, 0.717) is 23.7 Å². The van der Waals surface area contributed by atoms with Gasteiger partial charge in [-0.05, 0) is 84.9 Å². The van der Waals surface area contributed by atoms with E-state index in [1.54, 1.807) is 0 Å². The van der Waals surface area contributed by atoms with Gasteiger partial charge >= 0.3 is 5.97 Å². The quantitative estimate of drug-likeness (QED) is 0.339. The summed E-state index contributed by atoms with van der Waals surface area (Å²) in [5.41, 5.74) is -0.362. The number of allylic oxidation sites excluding steroid dienone is 1. The van der Waals surface area contributed by atoms with Gasteiger partial charge in [-0.1, -0.05) is 79.4 Å². The molecule has 0 heterocycles. The van der Waals surface area contributed by atoms with E-state index in [0.717, 1.165) is 30.1 Å². The normalized spacial score (nSPS) is 44.6. The zero-order valence-electron chi connectivity index (χ0n) is 22.7. The Bertz CT molecular complexity index is 796. The smallest absolute Gasteiger partial charge is 0.338 e. The lowest BCUT2D eigenvalue weighted by molar-refractivity contribution is -0.172. The number of carbonyl (C=O) groups excluding carboxylic acids is 1. The number of hydrogen-bond donors (Lipinski definition) is 1. The first-order valence-electron chi connectivity index (χ1n) is 13.8. The monoisotopic (exact) mass is 458 g/mol. The Kier molecular flexibility index (Phi) is 6.42. The van der Waals surface area contributed by atoms with E-state index in [-0.39, 0.29) is 5.41 Å². The van der Waals surface area contributed by atoms with Crippen LogP contribution in [0.2, 0.25) is 0 Å². The lowest BCUT2D eigenvalue weighted by Crippen LogP contribution is -2.49. The van der Waals surface area contributed by atoms with Crippen LogP contribution in [0.4, 0.5) is 0 Å². The summed E-state index contributed by atoms with van der Waals surface area (Å²) in [6.45, 7) is 16.3. The number of aliphatic hydroxyl groups is 1. The van der Waals surface area contributed by atoms with Gasteiger partial charge in [-0.15, -0.1) is 0 Å². The van der Waals surface area contributed by atoms with E-state index >= 15 is 0 Å². The molecule has 3 heteroatoms. The maximum Gasteiger partial charge on any atom is 0.338 e. The predicted octanol–water partition coefficient (Wildman–Crippen LogP) is 7.18. The van der Waals surface area contributed by atoms with Crippen LogP contribution in [-0.4, -0.2) is 23.8 Å². The standard InChI is InChI=1S/C30H50O3/c1-19(2)10-9-11-20(3)22-13-14-23-21-12-15-25-27(4,5)30(32,26(31)33-8)18-29(25,7)24(21)16-17-28(22,23)6/h15,19-24,32H,9-14,16-18H2,1-8H3/t20-,21+,22+,23+,24+,28-,29+,30-/m1/s1. The van der Waals surface area contributed by atoms with Gasteiger partial charge in [0, 0.05) is 5.41 Å². The molecular formula is C30H50O3. The Morgan fingerprint density at radius 2 is 1.79 bits per heavy atom. The van der Waals surface area contributed by atoms with Crippen LogP contribution in [0.15, 0.2) is 11.6 Å². The van der Waals surface area contributed by atoms with Crippen molar-refractivity contribution in [3.8, 4) is 0 Å². The van der Waals surface area contributed by atoms with Crippen molar-refractivity contribution in [1.82, 2.24) is 0 Å². The number of fused-ring (bicyclic) bond motifs is 5. The highest BCUT2D eigenvalue weighted by Gasteiger charge is 2.69. The van der Waals surface area contributed by atoms with Crippen LogP contribution in [0.1, 0.15) is 106 Å². The minimum absolute atomic E-state index is 0.113. The molecule has 0 saturated heterocycles. The molecule has 4 rings (SSSR count). The zero-order valence-corrected chi connectivity index (χ0v) is 22.7.